The van der Waals surface area contributed by atoms with Gasteiger partial charge in [-0.1, -0.05) is 12.1 Å². The van der Waals surface area contributed by atoms with Crippen molar-refractivity contribution < 1.29 is 14.3 Å². The predicted molar refractivity (Wildman–Crippen MR) is 118 cm³/mol. The Morgan fingerprint density at radius 1 is 1.13 bits per heavy atom. The van der Waals surface area contributed by atoms with Crippen LogP contribution in [-0.4, -0.2) is 62.7 Å². The molecule has 162 valence electrons. The zero-order valence-corrected chi connectivity index (χ0v) is 18.1. The van der Waals surface area contributed by atoms with E-state index < -0.39 is 0 Å². The van der Waals surface area contributed by atoms with Gasteiger partial charge in [0.05, 0.1) is 27.3 Å². The van der Waals surface area contributed by atoms with Crippen molar-refractivity contribution in [2.24, 2.45) is 4.99 Å². The van der Waals surface area contributed by atoms with Gasteiger partial charge in [-0.3, -0.25) is 9.78 Å². The number of aliphatic imine (C=N–C) groups is 1. The number of carbonyl (C=O) groups is 1. The number of aromatic nitrogens is 1. The molecule has 0 aliphatic heterocycles. The fourth-order valence-corrected chi connectivity index (χ4v) is 2.74. The average Bonchev–Trinajstić information content (AvgIpc) is 2.79. The third-order valence-corrected chi connectivity index (χ3v) is 4.47. The number of hydrogen-bond acceptors (Lipinski definition) is 5. The molecular weight excluding hydrogens is 382 g/mol. The van der Waals surface area contributed by atoms with Gasteiger partial charge in [0.25, 0.3) is 0 Å². The molecule has 8 nitrogen and oxygen atoms in total. The van der Waals surface area contributed by atoms with Crippen molar-refractivity contribution in [3.63, 3.8) is 0 Å². The molecule has 2 rings (SSSR count). The van der Waals surface area contributed by atoms with Gasteiger partial charge in [0.1, 0.15) is 0 Å². The van der Waals surface area contributed by atoms with Crippen LogP contribution in [-0.2, 0) is 17.8 Å². The Morgan fingerprint density at radius 3 is 2.60 bits per heavy atom. The quantitative estimate of drug-likeness (QED) is 0.457. The molecule has 0 radical (unpaired) electrons. The van der Waals surface area contributed by atoms with E-state index in [4.69, 9.17) is 9.47 Å². The van der Waals surface area contributed by atoms with Crippen LogP contribution in [0.5, 0.6) is 11.5 Å². The van der Waals surface area contributed by atoms with Gasteiger partial charge in [0, 0.05) is 38.4 Å². The van der Waals surface area contributed by atoms with Crippen molar-refractivity contribution >= 4 is 11.9 Å². The summed E-state index contributed by atoms with van der Waals surface area (Å²) in [6.07, 6.45) is 2.48. The van der Waals surface area contributed by atoms with Gasteiger partial charge in [-0.2, -0.15) is 0 Å². The summed E-state index contributed by atoms with van der Waals surface area (Å²) in [5.41, 5.74) is 1.94. The number of hydrogen-bond donors (Lipinski definition) is 2. The van der Waals surface area contributed by atoms with E-state index in [-0.39, 0.29) is 12.5 Å². The number of carbonyl (C=O) groups excluding carboxylic acids is 1. The summed E-state index contributed by atoms with van der Waals surface area (Å²) in [5.74, 6) is 1.91. The van der Waals surface area contributed by atoms with Crippen molar-refractivity contribution in [1.29, 1.82) is 0 Å². The number of benzene rings is 1. The molecule has 0 saturated carbocycles. The number of pyridine rings is 1. The van der Waals surface area contributed by atoms with E-state index in [0.717, 1.165) is 17.7 Å². The van der Waals surface area contributed by atoms with Gasteiger partial charge in [-0.15, -0.1) is 0 Å². The minimum Gasteiger partial charge on any atom is -0.493 e. The lowest BCUT2D eigenvalue weighted by Crippen LogP contribution is -2.44. The zero-order chi connectivity index (χ0) is 21.8. The summed E-state index contributed by atoms with van der Waals surface area (Å²) in [5, 5.41) is 6.26. The molecule has 1 amide bonds. The molecule has 30 heavy (non-hydrogen) atoms. The van der Waals surface area contributed by atoms with Crippen LogP contribution in [0.3, 0.4) is 0 Å². The molecule has 0 aliphatic rings. The number of methoxy groups -OCH3 is 2. The monoisotopic (exact) mass is 413 g/mol. The molecule has 8 heteroatoms. The van der Waals surface area contributed by atoms with E-state index in [1.165, 1.54) is 0 Å². The second-order valence-electron chi connectivity index (χ2n) is 6.62. The van der Waals surface area contributed by atoms with E-state index in [0.29, 0.717) is 37.1 Å². The maximum Gasteiger partial charge on any atom is 0.241 e. The molecule has 0 spiro atoms. The molecule has 0 bridgehead atoms. The van der Waals surface area contributed by atoms with Crippen molar-refractivity contribution in [2.45, 2.75) is 19.9 Å². The number of guanidine groups is 1. The summed E-state index contributed by atoms with van der Waals surface area (Å²) in [4.78, 5) is 23.0. The SMILES string of the molecule is CCNC(=NCc1ccc(OC)c(OC)c1)NCC(=O)N(C)CCc1ccccn1. The lowest BCUT2D eigenvalue weighted by atomic mass is 10.2. The Morgan fingerprint density at radius 2 is 1.93 bits per heavy atom. The number of nitrogens with one attached hydrogen (secondary N) is 2. The largest absolute Gasteiger partial charge is 0.493 e. The molecule has 0 saturated heterocycles. The van der Waals surface area contributed by atoms with Gasteiger partial charge in [-0.25, -0.2) is 4.99 Å². The summed E-state index contributed by atoms with van der Waals surface area (Å²) >= 11 is 0. The van der Waals surface area contributed by atoms with Crippen LogP contribution >= 0.6 is 0 Å². The van der Waals surface area contributed by atoms with Crippen LogP contribution in [0.4, 0.5) is 0 Å². The number of ether oxygens (including phenoxy) is 2. The molecule has 0 fully saturated rings. The Kier molecular flexibility index (Phi) is 9.44. The first-order valence-corrected chi connectivity index (χ1v) is 9.94. The minimum atomic E-state index is -0.0114. The normalized spacial score (nSPS) is 11.0. The van der Waals surface area contributed by atoms with Crippen LogP contribution in [0.1, 0.15) is 18.2 Å². The first-order chi connectivity index (χ1) is 14.6. The second-order valence-corrected chi connectivity index (χ2v) is 6.62. The zero-order valence-electron chi connectivity index (χ0n) is 18.1. The van der Waals surface area contributed by atoms with Gasteiger partial charge >= 0.3 is 0 Å². The number of likely N-dealkylation sites (N-methyl/N-ethyl adjacent to an activating group) is 1. The van der Waals surface area contributed by atoms with Gasteiger partial charge in [0.2, 0.25) is 5.91 Å². The first kappa shape index (κ1) is 23.0. The van der Waals surface area contributed by atoms with E-state index in [1.54, 1.807) is 32.4 Å². The van der Waals surface area contributed by atoms with Gasteiger partial charge in [0.15, 0.2) is 17.5 Å². The molecule has 2 aromatic rings. The summed E-state index contributed by atoms with van der Waals surface area (Å²) < 4.78 is 10.6. The van der Waals surface area contributed by atoms with Crippen molar-refractivity contribution in [2.75, 3.05) is 40.9 Å². The first-order valence-electron chi connectivity index (χ1n) is 9.94. The van der Waals surface area contributed by atoms with Gasteiger partial charge < -0.3 is 25.0 Å². The second kappa shape index (κ2) is 12.3. The number of nitrogens with zero attached hydrogens (tertiary/aromatic N) is 3. The Labute approximate surface area is 178 Å². The average molecular weight is 414 g/mol. The van der Waals surface area contributed by atoms with Gasteiger partial charge in [-0.05, 0) is 36.8 Å². The van der Waals surface area contributed by atoms with E-state index in [2.05, 4.69) is 20.6 Å². The van der Waals surface area contributed by atoms with Crippen LogP contribution in [0.15, 0.2) is 47.6 Å². The van der Waals surface area contributed by atoms with Crippen LogP contribution in [0.2, 0.25) is 0 Å². The standard InChI is InChI=1S/C22H31N5O3/c1-5-23-22(25-15-17-9-10-19(29-3)20(14-17)30-4)26-16-21(28)27(2)13-11-18-8-6-7-12-24-18/h6-10,12,14H,5,11,13,15-16H2,1-4H3,(H2,23,25,26). The van der Waals surface area contributed by atoms with Crippen molar-refractivity contribution in [3.05, 3.63) is 53.9 Å². The number of amides is 1. The minimum absolute atomic E-state index is 0.0114. The van der Waals surface area contributed by atoms with Crippen molar-refractivity contribution in [3.8, 4) is 11.5 Å². The van der Waals surface area contributed by atoms with E-state index in [1.807, 2.05) is 43.3 Å². The highest BCUT2D eigenvalue weighted by Gasteiger charge is 2.10. The summed E-state index contributed by atoms with van der Waals surface area (Å²) in [6, 6.07) is 11.5. The third kappa shape index (κ3) is 7.27. The lowest BCUT2D eigenvalue weighted by molar-refractivity contribution is -0.128. The molecule has 1 aromatic heterocycles. The Balaban J connectivity index is 1.88. The molecule has 0 unspecified atom stereocenters. The Bertz CT molecular complexity index is 827. The maximum atomic E-state index is 12.4. The molecule has 1 heterocycles. The lowest BCUT2D eigenvalue weighted by Gasteiger charge is -2.18. The summed E-state index contributed by atoms with van der Waals surface area (Å²) in [6.45, 7) is 3.89. The smallest absolute Gasteiger partial charge is 0.241 e. The topological polar surface area (TPSA) is 88.1 Å². The molecular formula is C22H31N5O3. The molecule has 0 aliphatic carbocycles. The highest BCUT2D eigenvalue weighted by molar-refractivity contribution is 5.86. The van der Waals surface area contributed by atoms with Crippen LogP contribution in [0.25, 0.3) is 0 Å². The molecule has 0 atom stereocenters. The van der Waals surface area contributed by atoms with Crippen LogP contribution in [0, 0.1) is 0 Å². The third-order valence-electron chi connectivity index (χ3n) is 4.47. The van der Waals surface area contributed by atoms with E-state index in [9.17, 15) is 4.79 Å². The molecule has 1 aromatic carbocycles. The fraction of sp³-hybridized carbons (Fsp3) is 0.409. The fourth-order valence-electron chi connectivity index (χ4n) is 2.74. The van der Waals surface area contributed by atoms with Crippen molar-refractivity contribution in [1.82, 2.24) is 20.5 Å². The molecule has 2 N–H and O–H groups in total. The van der Waals surface area contributed by atoms with E-state index >= 15 is 0 Å². The maximum absolute atomic E-state index is 12.4. The summed E-state index contributed by atoms with van der Waals surface area (Å²) in [7, 11) is 5.00. The number of rotatable bonds is 10. The van der Waals surface area contributed by atoms with Crippen LogP contribution < -0.4 is 20.1 Å². The highest BCUT2D eigenvalue weighted by Crippen LogP contribution is 2.27. The highest BCUT2D eigenvalue weighted by atomic mass is 16.5. The Hall–Kier alpha value is -3.29. The predicted octanol–water partition coefficient (Wildman–Crippen LogP) is 1.85.